The van der Waals surface area contributed by atoms with E-state index in [0.29, 0.717) is 12.1 Å². The summed E-state index contributed by atoms with van der Waals surface area (Å²) in [5, 5.41) is 3.88. The molecule has 1 saturated heterocycles. The number of nitrogens with zero attached hydrogens (tertiary/aromatic N) is 2. The van der Waals surface area contributed by atoms with Gasteiger partial charge in [-0.2, -0.15) is 0 Å². The van der Waals surface area contributed by atoms with Crippen LogP contribution in [0.5, 0.6) is 0 Å². The monoisotopic (exact) mass is 307 g/mol. The summed E-state index contributed by atoms with van der Waals surface area (Å²) in [6, 6.07) is 1.42. The maximum Gasteiger partial charge on any atom is 0.0794 e. The third-order valence-corrected chi connectivity index (χ3v) is 6.01. The van der Waals surface area contributed by atoms with E-state index in [1.165, 1.54) is 62.9 Å². The maximum absolute atomic E-state index is 4.24. The summed E-state index contributed by atoms with van der Waals surface area (Å²) in [4.78, 5) is 8.39. The second kappa shape index (κ2) is 7.70. The molecule has 1 N–H and O–H groups in total. The highest BCUT2D eigenvalue weighted by atomic mass is 32.1. The molecule has 1 aliphatic carbocycles. The predicted molar refractivity (Wildman–Crippen MR) is 89.6 cm³/mol. The summed E-state index contributed by atoms with van der Waals surface area (Å²) in [6.07, 6.45) is 11.8. The molecule has 1 saturated carbocycles. The van der Waals surface area contributed by atoms with Crippen LogP contribution in [0.25, 0.3) is 0 Å². The molecule has 1 aromatic heterocycles. The first-order valence-electron chi connectivity index (χ1n) is 8.71. The zero-order chi connectivity index (χ0) is 14.5. The normalized spacial score (nSPS) is 28.8. The van der Waals surface area contributed by atoms with Gasteiger partial charge in [0.05, 0.1) is 5.51 Å². The second-order valence-corrected chi connectivity index (χ2v) is 7.72. The number of hydrogen-bond acceptors (Lipinski definition) is 4. The van der Waals surface area contributed by atoms with Crippen molar-refractivity contribution < 1.29 is 0 Å². The number of nitrogens with one attached hydrogen (secondary N) is 1. The topological polar surface area (TPSA) is 28.2 Å². The number of aromatic nitrogens is 1. The zero-order valence-corrected chi connectivity index (χ0v) is 14.1. The van der Waals surface area contributed by atoms with E-state index in [2.05, 4.69) is 22.1 Å². The largest absolute Gasteiger partial charge is 0.311 e. The molecule has 2 aliphatic rings. The first-order chi connectivity index (χ1) is 10.4. The van der Waals surface area contributed by atoms with Crippen molar-refractivity contribution in [2.75, 3.05) is 13.1 Å². The van der Waals surface area contributed by atoms with Gasteiger partial charge in [-0.05, 0) is 25.2 Å². The number of hydrogen-bond donors (Lipinski definition) is 1. The van der Waals surface area contributed by atoms with Crippen LogP contribution in [0.2, 0.25) is 0 Å². The smallest absolute Gasteiger partial charge is 0.0794 e. The van der Waals surface area contributed by atoms with E-state index in [-0.39, 0.29) is 0 Å². The molecule has 3 rings (SSSR count). The van der Waals surface area contributed by atoms with Crippen LogP contribution < -0.4 is 5.32 Å². The first kappa shape index (κ1) is 15.4. The van der Waals surface area contributed by atoms with Gasteiger partial charge in [0.25, 0.3) is 0 Å². The molecular weight excluding hydrogens is 278 g/mol. The Balaban J connectivity index is 1.62. The van der Waals surface area contributed by atoms with Crippen LogP contribution >= 0.6 is 11.3 Å². The molecule has 2 unspecified atom stereocenters. The molecule has 3 nitrogen and oxygen atoms in total. The van der Waals surface area contributed by atoms with Crippen molar-refractivity contribution in [1.82, 2.24) is 15.2 Å². The van der Waals surface area contributed by atoms with Crippen molar-refractivity contribution in [3.05, 3.63) is 16.6 Å². The molecule has 1 aromatic rings. The van der Waals surface area contributed by atoms with E-state index >= 15 is 0 Å². The predicted octanol–water partition coefficient (Wildman–Crippen LogP) is 3.67. The first-order valence-corrected chi connectivity index (χ1v) is 9.59. The Hall–Kier alpha value is -0.450. The lowest BCUT2D eigenvalue weighted by Gasteiger charge is -2.44. The van der Waals surface area contributed by atoms with E-state index in [0.717, 1.165) is 12.5 Å². The van der Waals surface area contributed by atoms with E-state index < -0.39 is 0 Å². The Bertz CT molecular complexity index is 400. The fourth-order valence-corrected chi connectivity index (χ4v) is 4.69. The highest BCUT2D eigenvalue weighted by Crippen LogP contribution is 2.29. The van der Waals surface area contributed by atoms with Gasteiger partial charge in [0.1, 0.15) is 0 Å². The van der Waals surface area contributed by atoms with Crippen LogP contribution in [0.1, 0.15) is 56.7 Å². The fourth-order valence-electron chi connectivity index (χ4n) is 4.07. The summed E-state index contributed by atoms with van der Waals surface area (Å²) >= 11 is 1.80. The molecule has 0 amide bonds. The third-order valence-electron chi connectivity index (χ3n) is 5.25. The highest BCUT2D eigenvalue weighted by molar-refractivity contribution is 7.09. The molecule has 0 bridgehead atoms. The van der Waals surface area contributed by atoms with Crippen LogP contribution in [0.3, 0.4) is 0 Å². The Labute approximate surface area is 133 Å². The molecular formula is C17H29N3S. The molecule has 0 radical (unpaired) electrons. The maximum atomic E-state index is 4.24. The van der Waals surface area contributed by atoms with Crippen LogP contribution in [0, 0.1) is 5.92 Å². The van der Waals surface area contributed by atoms with Crippen molar-refractivity contribution in [2.24, 2.45) is 5.92 Å². The highest BCUT2D eigenvalue weighted by Gasteiger charge is 2.32. The second-order valence-electron chi connectivity index (χ2n) is 6.75. The van der Waals surface area contributed by atoms with Crippen LogP contribution in [0.15, 0.2) is 11.7 Å². The van der Waals surface area contributed by atoms with Crippen molar-refractivity contribution in [2.45, 2.75) is 70.5 Å². The Morgan fingerprint density at radius 2 is 2.19 bits per heavy atom. The van der Waals surface area contributed by atoms with Crippen molar-refractivity contribution in [3.63, 3.8) is 0 Å². The fraction of sp³-hybridized carbons (Fsp3) is 0.824. The van der Waals surface area contributed by atoms with Crippen molar-refractivity contribution >= 4 is 11.3 Å². The van der Waals surface area contributed by atoms with E-state index in [4.69, 9.17) is 0 Å². The Morgan fingerprint density at radius 1 is 1.33 bits per heavy atom. The quantitative estimate of drug-likeness (QED) is 0.899. The molecule has 2 fully saturated rings. The van der Waals surface area contributed by atoms with Crippen LogP contribution in [-0.2, 0) is 6.54 Å². The molecule has 2 heterocycles. The number of thiazole rings is 1. The van der Waals surface area contributed by atoms with Crippen LogP contribution in [0.4, 0.5) is 0 Å². The molecule has 4 heteroatoms. The standard InChI is InChI=1S/C17H29N3S/c1-2-6-15-9-19-17(14-7-4-3-5-8-14)12-20(15)11-16-10-18-13-21-16/h10,13-15,17,19H,2-9,11-12H2,1H3. The SMILES string of the molecule is CCCC1CNC(C2CCCCC2)CN1Cc1cncs1. The lowest BCUT2D eigenvalue weighted by atomic mass is 9.82. The van der Waals surface area contributed by atoms with Gasteiger partial charge in [-0.3, -0.25) is 9.88 Å². The van der Waals surface area contributed by atoms with Gasteiger partial charge in [0.15, 0.2) is 0 Å². The molecule has 1 aliphatic heterocycles. The molecule has 118 valence electrons. The van der Waals surface area contributed by atoms with Crippen molar-refractivity contribution in [3.8, 4) is 0 Å². The molecule has 2 atom stereocenters. The minimum absolute atomic E-state index is 0.706. The summed E-state index contributed by atoms with van der Waals surface area (Å²) in [5.41, 5.74) is 1.96. The van der Waals surface area contributed by atoms with E-state index in [1.807, 2.05) is 11.7 Å². The Morgan fingerprint density at radius 3 is 2.90 bits per heavy atom. The minimum Gasteiger partial charge on any atom is -0.311 e. The zero-order valence-electron chi connectivity index (χ0n) is 13.3. The molecule has 21 heavy (non-hydrogen) atoms. The Kier molecular flexibility index (Phi) is 5.67. The van der Waals surface area contributed by atoms with Gasteiger partial charge >= 0.3 is 0 Å². The molecule has 0 spiro atoms. The lowest BCUT2D eigenvalue weighted by molar-refractivity contribution is 0.0853. The van der Waals surface area contributed by atoms with Crippen LogP contribution in [-0.4, -0.2) is 35.1 Å². The van der Waals surface area contributed by atoms with Gasteiger partial charge in [0.2, 0.25) is 0 Å². The number of rotatable bonds is 5. The van der Waals surface area contributed by atoms with Gasteiger partial charge in [-0.15, -0.1) is 11.3 Å². The average molecular weight is 308 g/mol. The number of piperazine rings is 1. The van der Waals surface area contributed by atoms with Gasteiger partial charge in [-0.1, -0.05) is 32.6 Å². The average Bonchev–Trinajstić information content (AvgIpc) is 3.03. The van der Waals surface area contributed by atoms with Gasteiger partial charge in [-0.25, -0.2) is 0 Å². The summed E-state index contributed by atoms with van der Waals surface area (Å²) < 4.78 is 0. The van der Waals surface area contributed by atoms with Gasteiger partial charge in [0, 0.05) is 42.8 Å². The van der Waals surface area contributed by atoms with E-state index in [1.54, 1.807) is 11.3 Å². The molecule has 0 aromatic carbocycles. The van der Waals surface area contributed by atoms with Crippen molar-refractivity contribution in [1.29, 1.82) is 0 Å². The van der Waals surface area contributed by atoms with E-state index in [9.17, 15) is 0 Å². The minimum atomic E-state index is 0.706. The lowest BCUT2D eigenvalue weighted by Crippen LogP contribution is -2.58. The van der Waals surface area contributed by atoms with Gasteiger partial charge < -0.3 is 5.32 Å². The summed E-state index contributed by atoms with van der Waals surface area (Å²) in [5.74, 6) is 0.908. The summed E-state index contributed by atoms with van der Waals surface area (Å²) in [7, 11) is 0. The third kappa shape index (κ3) is 4.05. The summed E-state index contributed by atoms with van der Waals surface area (Å²) in [6.45, 7) is 5.80.